The summed E-state index contributed by atoms with van der Waals surface area (Å²) in [6.45, 7) is 1.19. The molecule has 0 spiro atoms. The number of rotatable bonds is 4. The molecule has 6 nitrogen and oxygen atoms in total. The van der Waals surface area contributed by atoms with Gasteiger partial charge in [-0.3, -0.25) is 9.00 Å². The van der Waals surface area contributed by atoms with Crippen molar-refractivity contribution in [2.45, 2.75) is 35.7 Å². The van der Waals surface area contributed by atoms with Crippen molar-refractivity contribution in [3.8, 4) is 0 Å². The van der Waals surface area contributed by atoms with Crippen molar-refractivity contribution in [1.82, 2.24) is 9.97 Å². The van der Waals surface area contributed by atoms with Gasteiger partial charge in [0.15, 0.2) is 0 Å². The summed E-state index contributed by atoms with van der Waals surface area (Å²) in [6, 6.07) is 3.37. The number of halogens is 5. The lowest BCUT2D eigenvalue weighted by atomic mass is 10.1. The molecule has 1 fully saturated rings. The molecule has 1 saturated heterocycles. The molecule has 0 bridgehead atoms. The Morgan fingerprint density at radius 1 is 1.31 bits per heavy atom. The Balaban J connectivity index is 1.98. The van der Waals surface area contributed by atoms with Gasteiger partial charge in [-0.05, 0) is 25.1 Å². The van der Waals surface area contributed by atoms with Crippen LogP contribution in [0.25, 0.3) is 0 Å². The molecule has 0 saturated carbocycles. The van der Waals surface area contributed by atoms with E-state index < -0.39 is 51.6 Å². The number of anilines is 2. The summed E-state index contributed by atoms with van der Waals surface area (Å²) in [5.41, 5.74) is -1.38. The van der Waals surface area contributed by atoms with Crippen molar-refractivity contribution in [1.29, 1.82) is 0 Å². The minimum Gasteiger partial charge on any atom is -0.346 e. The van der Waals surface area contributed by atoms with Crippen molar-refractivity contribution in [3.63, 3.8) is 0 Å². The van der Waals surface area contributed by atoms with Gasteiger partial charge in [0.2, 0.25) is 0 Å². The summed E-state index contributed by atoms with van der Waals surface area (Å²) < 4.78 is 79.6. The SMILES string of the molecule is C[C@H]1SCN(c2ncc(C(F)(F)F)cc2C(=O)Nc2ccnc(S(C)=O)c2)CCC1(F)F. The highest BCUT2D eigenvalue weighted by Crippen LogP contribution is 2.38. The van der Waals surface area contributed by atoms with Crippen LogP contribution >= 0.6 is 11.8 Å². The fraction of sp³-hybridized carbons (Fsp3) is 0.421. The molecule has 2 aromatic rings. The average molecular weight is 495 g/mol. The summed E-state index contributed by atoms with van der Waals surface area (Å²) >= 11 is 0.928. The largest absolute Gasteiger partial charge is 0.417 e. The highest BCUT2D eigenvalue weighted by molar-refractivity contribution is 8.00. The predicted octanol–water partition coefficient (Wildman–Crippen LogP) is 4.41. The van der Waals surface area contributed by atoms with Crippen LogP contribution in [0.2, 0.25) is 0 Å². The third kappa shape index (κ3) is 5.55. The number of thioether (sulfide) groups is 1. The Kier molecular flexibility index (Phi) is 7.08. The summed E-state index contributed by atoms with van der Waals surface area (Å²) in [5, 5.41) is 1.63. The summed E-state index contributed by atoms with van der Waals surface area (Å²) in [5.74, 6) is -3.96. The van der Waals surface area contributed by atoms with E-state index in [1.165, 1.54) is 36.4 Å². The maximum atomic E-state index is 14.1. The summed E-state index contributed by atoms with van der Waals surface area (Å²) in [4.78, 5) is 22.0. The normalized spacial score (nSPS) is 19.8. The number of nitrogens with zero attached hydrogens (tertiary/aromatic N) is 3. The zero-order chi connectivity index (χ0) is 23.7. The second-order valence-corrected chi connectivity index (χ2v) is 9.72. The van der Waals surface area contributed by atoms with Gasteiger partial charge in [-0.15, -0.1) is 11.8 Å². The molecule has 2 atom stereocenters. The van der Waals surface area contributed by atoms with Crippen LogP contribution in [0.4, 0.5) is 33.5 Å². The van der Waals surface area contributed by atoms with E-state index in [4.69, 9.17) is 0 Å². The van der Waals surface area contributed by atoms with Crippen molar-refractivity contribution < 1.29 is 31.0 Å². The molecule has 1 amide bonds. The van der Waals surface area contributed by atoms with Crippen LogP contribution in [-0.4, -0.2) is 49.9 Å². The van der Waals surface area contributed by atoms with Crippen molar-refractivity contribution in [2.75, 3.05) is 28.9 Å². The lowest BCUT2D eigenvalue weighted by Gasteiger charge is -2.24. The van der Waals surface area contributed by atoms with Crippen LogP contribution in [0, 0.1) is 0 Å². The third-order valence-electron chi connectivity index (χ3n) is 4.82. The van der Waals surface area contributed by atoms with Gasteiger partial charge in [-0.1, -0.05) is 0 Å². The molecule has 0 aromatic carbocycles. The predicted molar refractivity (Wildman–Crippen MR) is 113 cm³/mol. The third-order valence-corrected chi connectivity index (χ3v) is 6.93. The Morgan fingerprint density at radius 3 is 2.69 bits per heavy atom. The molecular formula is C19H19F5N4O2S2. The van der Waals surface area contributed by atoms with Crippen molar-refractivity contribution in [3.05, 3.63) is 41.7 Å². The van der Waals surface area contributed by atoms with E-state index in [1.54, 1.807) is 0 Å². The van der Waals surface area contributed by atoms with E-state index in [1.807, 2.05) is 0 Å². The highest BCUT2D eigenvalue weighted by atomic mass is 32.2. The minimum atomic E-state index is -4.75. The quantitative estimate of drug-likeness (QED) is 0.635. The van der Waals surface area contributed by atoms with Crippen LogP contribution < -0.4 is 10.2 Å². The van der Waals surface area contributed by atoms with E-state index in [9.17, 15) is 31.0 Å². The van der Waals surface area contributed by atoms with Crippen molar-refractivity contribution >= 4 is 40.0 Å². The fourth-order valence-corrected chi connectivity index (χ4v) is 4.44. The second kappa shape index (κ2) is 9.30. The maximum Gasteiger partial charge on any atom is 0.417 e. The molecule has 3 heterocycles. The van der Waals surface area contributed by atoms with Crippen LogP contribution in [0.5, 0.6) is 0 Å². The van der Waals surface area contributed by atoms with Gasteiger partial charge < -0.3 is 10.2 Å². The zero-order valence-electron chi connectivity index (χ0n) is 16.9. The van der Waals surface area contributed by atoms with E-state index >= 15 is 0 Å². The molecule has 0 aliphatic carbocycles. The number of alkyl halides is 5. The number of pyridine rings is 2. The minimum absolute atomic E-state index is 0.0314. The fourth-order valence-electron chi connectivity index (χ4n) is 2.92. The Bertz CT molecular complexity index is 1040. The molecule has 0 radical (unpaired) electrons. The lowest BCUT2D eigenvalue weighted by Crippen LogP contribution is -2.31. The standard InChI is InChI=1S/C19H19F5N4O2S2/c1-11-18(20,21)4-6-28(10-31-11)16-14(7-12(9-26-16)19(22,23)24)17(29)27-13-3-5-25-15(8-13)32(2)30/h3,5,7-9,11H,4,6,10H2,1-2H3,(H,25,27,29)/t11-,32?/m1/s1. The zero-order valence-corrected chi connectivity index (χ0v) is 18.6. The number of hydrogen-bond acceptors (Lipinski definition) is 6. The van der Waals surface area contributed by atoms with Gasteiger partial charge in [0, 0.05) is 37.3 Å². The van der Waals surface area contributed by atoms with Gasteiger partial charge >= 0.3 is 6.18 Å². The van der Waals surface area contributed by atoms with Gasteiger partial charge in [0.1, 0.15) is 10.8 Å². The number of aromatic nitrogens is 2. The van der Waals surface area contributed by atoms with Gasteiger partial charge in [0.25, 0.3) is 11.8 Å². The van der Waals surface area contributed by atoms with E-state index in [0.29, 0.717) is 12.3 Å². The van der Waals surface area contributed by atoms with Gasteiger partial charge in [0.05, 0.1) is 33.1 Å². The summed E-state index contributed by atoms with van der Waals surface area (Å²) in [6.07, 6.45) is -2.02. The molecular weight excluding hydrogens is 475 g/mol. The van der Waals surface area contributed by atoms with Crippen LogP contribution in [0.15, 0.2) is 35.6 Å². The number of carbonyl (C=O) groups excluding carboxylic acids is 1. The lowest BCUT2D eigenvalue weighted by molar-refractivity contribution is -0.137. The molecule has 1 N–H and O–H groups in total. The first kappa shape index (κ1) is 24.4. The van der Waals surface area contributed by atoms with E-state index in [0.717, 1.165) is 11.8 Å². The maximum absolute atomic E-state index is 14.1. The summed E-state index contributed by atoms with van der Waals surface area (Å²) in [7, 11) is -1.44. The number of carbonyl (C=O) groups is 1. The molecule has 2 aromatic heterocycles. The number of amides is 1. The van der Waals surface area contributed by atoms with Gasteiger partial charge in [-0.25, -0.2) is 18.7 Å². The Hall–Kier alpha value is -2.28. The molecule has 13 heteroatoms. The monoisotopic (exact) mass is 494 g/mol. The Morgan fingerprint density at radius 2 is 2.03 bits per heavy atom. The average Bonchev–Trinajstić information content (AvgIpc) is 2.85. The molecule has 174 valence electrons. The smallest absolute Gasteiger partial charge is 0.346 e. The van der Waals surface area contributed by atoms with Crippen LogP contribution in [0.3, 0.4) is 0 Å². The van der Waals surface area contributed by atoms with Gasteiger partial charge in [-0.2, -0.15) is 13.2 Å². The number of nitrogens with one attached hydrogen (secondary N) is 1. The first-order valence-electron chi connectivity index (χ1n) is 9.31. The Labute approximate surface area is 187 Å². The van der Waals surface area contributed by atoms with Crippen molar-refractivity contribution in [2.24, 2.45) is 0 Å². The number of hydrogen-bond donors (Lipinski definition) is 1. The highest BCUT2D eigenvalue weighted by Gasteiger charge is 2.40. The second-order valence-electron chi connectivity index (χ2n) is 7.10. The molecule has 3 rings (SSSR count). The van der Waals surface area contributed by atoms with E-state index in [2.05, 4.69) is 15.3 Å². The van der Waals surface area contributed by atoms with E-state index in [-0.39, 0.29) is 29.0 Å². The first-order chi connectivity index (χ1) is 14.9. The van der Waals surface area contributed by atoms with Crippen LogP contribution in [0.1, 0.15) is 29.3 Å². The molecule has 1 aliphatic heterocycles. The topological polar surface area (TPSA) is 75.2 Å². The first-order valence-corrected chi connectivity index (χ1v) is 11.9. The molecule has 32 heavy (non-hydrogen) atoms. The molecule has 1 unspecified atom stereocenters. The molecule has 1 aliphatic rings. The van der Waals surface area contributed by atoms with Crippen LogP contribution in [-0.2, 0) is 17.0 Å².